The molecule has 0 spiro atoms. The van der Waals surface area contributed by atoms with Crippen LogP contribution < -0.4 is 10.2 Å². The fourth-order valence-corrected chi connectivity index (χ4v) is 2.61. The molecule has 0 amide bonds. The van der Waals surface area contributed by atoms with Crippen molar-refractivity contribution in [2.24, 2.45) is 5.10 Å². The summed E-state index contributed by atoms with van der Waals surface area (Å²) in [6.07, 6.45) is 3.97. The zero-order valence-electron chi connectivity index (χ0n) is 16.6. The van der Waals surface area contributed by atoms with Gasteiger partial charge in [-0.2, -0.15) is 5.10 Å². The number of aryl methyl sites for hydroxylation is 1. The maximum absolute atomic E-state index is 5.68. The molecule has 1 heterocycles. The predicted octanol–water partition coefficient (Wildman–Crippen LogP) is 5.39. The molecule has 0 aliphatic heterocycles. The van der Waals surface area contributed by atoms with Crippen molar-refractivity contribution < 1.29 is 4.74 Å². The van der Waals surface area contributed by atoms with Crippen LogP contribution >= 0.6 is 0 Å². The SMILES string of the molecule is CCCCOc1ccc(/C=N\Nc2nc(-c3ccccc3)nc(C)c2C)cc1. The van der Waals surface area contributed by atoms with E-state index in [0.717, 1.165) is 47.6 Å². The summed E-state index contributed by atoms with van der Waals surface area (Å²) in [5.74, 6) is 2.28. The largest absolute Gasteiger partial charge is 0.494 e. The second-order valence-electron chi connectivity index (χ2n) is 6.61. The summed E-state index contributed by atoms with van der Waals surface area (Å²) in [5.41, 5.74) is 6.94. The lowest BCUT2D eigenvalue weighted by Gasteiger charge is -2.09. The summed E-state index contributed by atoms with van der Waals surface area (Å²) < 4.78 is 5.68. The molecule has 3 aromatic rings. The van der Waals surface area contributed by atoms with Gasteiger partial charge in [-0.25, -0.2) is 9.97 Å². The first kappa shape index (κ1) is 19.5. The predicted molar refractivity (Wildman–Crippen MR) is 115 cm³/mol. The molecule has 2 aromatic carbocycles. The third-order valence-electron chi connectivity index (χ3n) is 4.45. The van der Waals surface area contributed by atoms with Crippen LogP contribution in [0, 0.1) is 13.8 Å². The van der Waals surface area contributed by atoms with Crippen LogP contribution in [0.3, 0.4) is 0 Å². The minimum atomic E-state index is 0.690. The van der Waals surface area contributed by atoms with Gasteiger partial charge in [-0.3, -0.25) is 5.43 Å². The number of nitrogens with zero attached hydrogens (tertiary/aromatic N) is 3. The average molecular weight is 374 g/mol. The number of rotatable bonds is 8. The van der Waals surface area contributed by atoms with Gasteiger partial charge < -0.3 is 4.74 Å². The maximum Gasteiger partial charge on any atom is 0.161 e. The van der Waals surface area contributed by atoms with Crippen LogP contribution in [0.5, 0.6) is 5.75 Å². The van der Waals surface area contributed by atoms with Crippen LogP contribution in [-0.4, -0.2) is 22.8 Å². The normalized spacial score (nSPS) is 11.0. The van der Waals surface area contributed by atoms with Gasteiger partial charge in [0.25, 0.3) is 0 Å². The molecule has 0 saturated heterocycles. The van der Waals surface area contributed by atoms with Gasteiger partial charge in [0.15, 0.2) is 11.6 Å². The highest BCUT2D eigenvalue weighted by molar-refractivity contribution is 5.80. The van der Waals surface area contributed by atoms with Gasteiger partial charge in [-0.15, -0.1) is 0 Å². The molecule has 0 atom stereocenters. The molecule has 1 aromatic heterocycles. The third-order valence-corrected chi connectivity index (χ3v) is 4.45. The molecule has 0 fully saturated rings. The summed E-state index contributed by atoms with van der Waals surface area (Å²) in [6, 6.07) is 17.8. The number of nitrogens with one attached hydrogen (secondary N) is 1. The van der Waals surface area contributed by atoms with Crippen LogP contribution in [0.2, 0.25) is 0 Å². The number of hydrogen-bond acceptors (Lipinski definition) is 5. The number of benzene rings is 2. The molecule has 0 bridgehead atoms. The molecule has 144 valence electrons. The van der Waals surface area contributed by atoms with Gasteiger partial charge in [0.05, 0.1) is 12.8 Å². The standard InChI is InChI=1S/C23H26N4O/c1-4-5-15-28-21-13-11-19(12-14-21)16-24-27-22-17(2)18(3)25-23(26-22)20-9-7-6-8-10-20/h6-14,16H,4-5,15H2,1-3H3,(H,25,26,27)/b24-16-. The van der Waals surface area contributed by atoms with E-state index in [-0.39, 0.29) is 0 Å². The summed E-state index contributed by atoms with van der Waals surface area (Å²) in [4.78, 5) is 9.23. The van der Waals surface area contributed by atoms with E-state index >= 15 is 0 Å². The van der Waals surface area contributed by atoms with Crippen molar-refractivity contribution in [2.45, 2.75) is 33.6 Å². The summed E-state index contributed by atoms with van der Waals surface area (Å²) >= 11 is 0. The van der Waals surface area contributed by atoms with E-state index in [0.29, 0.717) is 11.6 Å². The highest BCUT2D eigenvalue weighted by atomic mass is 16.5. The molecule has 3 rings (SSSR count). The zero-order chi connectivity index (χ0) is 19.8. The summed E-state index contributed by atoms with van der Waals surface area (Å²) in [7, 11) is 0. The first-order valence-corrected chi connectivity index (χ1v) is 9.60. The quantitative estimate of drug-likeness (QED) is 0.326. The number of anilines is 1. The fraction of sp³-hybridized carbons (Fsp3) is 0.261. The van der Waals surface area contributed by atoms with Crippen molar-refractivity contribution in [3.63, 3.8) is 0 Å². The molecule has 1 N–H and O–H groups in total. The average Bonchev–Trinajstić information content (AvgIpc) is 2.73. The topological polar surface area (TPSA) is 59.4 Å². The second-order valence-corrected chi connectivity index (χ2v) is 6.61. The van der Waals surface area contributed by atoms with E-state index in [1.54, 1.807) is 6.21 Å². The van der Waals surface area contributed by atoms with Gasteiger partial charge in [-0.05, 0) is 50.1 Å². The Balaban J connectivity index is 1.69. The van der Waals surface area contributed by atoms with E-state index in [1.807, 2.05) is 68.4 Å². The van der Waals surface area contributed by atoms with Crippen LogP contribution in [0.1, 0.15) is 36.6 Å². The molecule has 0 saturated carbocycles. The Morgan fingerprint density at radius 2 is 1.75 bits per heavy atom. The van der Waals surface area contributed by atoms with Crippen molar-refractivity contribution in [3.8, 4) is 17.1 Å². The smallest absolute Gasteiger partial charge is 0.161 e. The van der Waals surface area contributed by atoms with Crippen LogP contribution in [0.25, 0.3) is 11.4 Å². The molecule has 0 radical (unpaired) electrons. The van der Waals surface area contributed by atoms with Crippen molar-refractivity contribution in [3.05, 3.63) is 71.4 Å². The molecule has 0 aliphatic carbocycles. The monoisotopic (exact) mass is 374 g/mol. The summed E-state index contributed by atoms with van der Waals surface area (Å²) in [6.45, 7) is 6.88. The number of unbranched alkanes of at least 4 members (excludes halogenated alkanes) is 1. The molecule has 5 heteroatoms. The minimum Gasteiger partial charge on any atom is -0.494 e. The number of hydrogen-bond donors (Lipinski definition) is 1. The first-order valence-electron chi connectivity index (χ1n) is 9.60. The minimum absolute atomic E-state index is 0.690. The lowest BCUT2D eigenvalue weighted by Crippen LogP contribution is -2.03. The Morgan fingerprint density at radius 1 is 1.00 bits per heavy atom. The highest BCUT2D eigenvalue weighted by Gasteiger charge is 2.09. The molecule has 0 unspecified atom stereocenters. The Bertz CT molecular complexity index is 921. The molecule has 0 aliphatic rings. The van der Waals surface area contributed by atoms with E-state index in [9.17, 15) is 0 Å². The summed E-state index contributed by atoms with van der Waals surface area (Å²) in [5, 5.41) is 4.35. The Morgan fingerprint density at radius 3 is 2.46 bits per heavy atom. The fourth-order valence-electron chi connectivity index (χ4n) is 2.61. The molecule has 28 heavy (non-hydrogen) atoms. The Labute approximate surface area is 166 Å². The second kappa shape index (κ2) is 9.65. The van der Waals surface area contributed by atoms with Gasteiger partial charge in [0, 0.05) is 16.8 Å². The number of hydrazone groups is 1. The van der Waals surface area contributed by atoms with Crippen molar-refractivity contribution >= 4 is 12.0 Å². The number of ether oxygens (including phenoxy) is 1. The maximum atomic E-state index is 5.68. The van der Waals surface area contributed by atoms with E-state index < -0.39 is 0 Å². The third kappa shape index (κ3) is 5.16. The highest BCUT2D eigenvalue weighted by Crippen LogP contribution is 2.21. The van der Waals surface area contributed by atoms with E-state index in [1.165, 1.54) is 0 Å². The van der Waals surface area contributed by atoms with Crippen molar-refractivity contribution in [1.29, 1.82) is 0 Å². The van der Waals surface area contributed by atoms with Crippen LogP contribution in [-0.2, 0) is 0 Å². The Hall–Kier alpha value is -3.21. The van der Waals surface area contributed by atoms with E-state index in [4.69, 9.17) is 4.74 Å². The van der Waals surface area contributed by atoms with Gasteiger partial charge in [-0.1, -0.05) is 43.7 Å². The van der Waals surface area contributed by atoms with Crippen LogP contribution in [0.15, 0.2) is 59.7 Å². The van der Waals surface area contributed by atoms with Gasteiger partial charge in [0.1, 0.15) is 5.75 Å². The van der Waals surface area contributed by atoms with Crippen molar-refractivity contribution in [2.75, 3.05) is 12.0 Å². The lowest BCUT2D eigenvalue weighted by atomic mass is 10.2. The van der Waals surface area contributed by atoms with Crippen molar-refractivity contribution in [1.82, 2.24) is 9.97 Å². The Kier molecular flexibility index (Phi) is 6.73. The number of aromatic nitrogens is 2. The first-order chi connectivity index (χ1) is 13.7. The van der Waals surface area contributed by atoms with Gasteiger partial charge >= 0.3 is 0 Å². The van der Waals surface area contributed by atoms with E-state index in [2.05, 4.69) is 27.4 Å². The molecular formula is C23H26N4O. The van der Waals surface area contributed by atoms with Gasteiger partial charge in [0.2, 0.25) is 0 Å². The molecular weight excluding hydrogens is 348 g/mol. The molecule has 5 nitrogen and oxygen atoms in total. The zero-order valence-corrected chi connectivity index (χ0v) is 16.6. The van der Waals surface area contributed by atoms with Crippen LogP contribution in [0.4, 0.5) is 5.82 Å². The lowest BCUT2D eigenvalue weighted by molar-refractivity contribution is 0.309.